The second-order valence-electron chi connectivity index (χ2n) is 3.42. The maximum Gasteiger partial charge on any atom is 0.0664 e. The summed E-state index contributed by atoms with van der Waals surface area (Å²) in [5.74, 6) is 0. The van der Waals surface area contributed by atoms with Crippen LogP contribution in [0.15, 0.2) is 0 Å². The number of piperidine rings is 1. The van der Waals surface area contributed by atoms with Crippen LogP contribution >= 0.6 is 0 Å². The van der Waals surface area contributed by atoms with E-state index in [-0.39, 0.29) is 6.10 Å². The fourth-order valence-electron chi connectivity index (χ4n) is 1.57. The van der Waals surface area contributed by atoms with Crippen LogP contribution in [0.25, 0.3) is 0 Å². The largest absolute Gasteiger partial charge is 0.392 e. The Kier molecular flexibility index (Phi) is 3.87. The molecule has 2 heteroatoms. The van der Waals surface area contributed by atoms with Gasteiger partial charge in [-0.05, 0) is 32.4 Å². The van der Waals surface area contributed by atoms with E-state index < -0.39 is 0 Å². The van der Waals surface area contributed by atoms with Gasteiger partial charge in [-0.2, -0.15) is 0 Å². The second kappa shape index (κ2) is 4.73. The van der Waals surface area contributed by atoms with Crippen molar-refractivity contribution in [3.8, 4) is 0 Å². The van der Waals surface area contributed by atoms with Crippen LogP contribution in [0.5, 0.6) is 0 Å². The van der Waals surface area contributed by atoms with Crippen LogP contribution in [0.2, 0.25) is 0 Å². The Balaban J connectivity index is 2.13. The van der Waals surface area contributed by atoms with E-state index in [1.165, 1.54) is 32.4 Å². The van der Waals surface area contributed by atoms with Crippen molar-refractivity contribution in [3.63, 3.8) is 0 Å². The number of rotatable bonds is 3. The second-order valence-corrected chi connectivity index (χ2v) is 3.42. The highest BCUT2D eigenvalue weighted by molar-refractivity contribution is 4.67. The van der Waals surface area contributed by atoms with E-state index in [4.69, 9.17) is 0 Å². The molecular weight excluding hydrogens is 138 g/mol. The summed E-state index contributed by atoms with van der Waals surface area (Å²) < 4.78 is 0. The average Bonchev–Trinajstić information content (AvgIpc) is 2.06. The van der Waals surface area contributed by atoms with Gasteiger partial charge in [0.2, 0.25) is 0 Å². The van der Waals surface area contributed by atoms with Gasteiger partial charge in [-0.25, -0.2) is 0 Å². The summed E-state index contributed by atoms with van der Waals surface area (Å²) in [4.78, 5) is 2.37. The molecule has 1 saturated heterocycles. The summed E-state index contributed by atoms with van der Waals surface area (Å²) in [5, 5.41) is 9.37. The van der Waals surface area contributed by atoms with Gasteiger partial charge in [0.15, 0.2) is 0 Å². The highest BCUT2D eigenvalue weighted by Crippen LogP contribution is 2.09. The molecule has 1 fully saturated rings. The monoisotopic (exact) mass is 157 g/mol. The first-order chi connectivity index (χ1) is 5.33. The van der Waals surface area contributed by atoms with E-state index in [2.05, 4.69) is 4.90 Å². The molecular formula is C9H19NO. The highest BCUT2D eigenvalue weighted by atomic mass is 16.3. The molecule has 1 rings (SSSR count). The van der Waals surface area contributed by atoms with Gasteiger partial charge < -0.3 is 10.0 Å². The van der Waals surface area contributed by atoms with E-state index in [1.54, 1.807) is 0 Å². The first-order valence-electron chi connectivity index (χ1n) is 4.73. The number of likely N-dealkylation sites (tertiary alicyclic amines) is 1. The molecule has 0 aliphatic carbocycles. The summed E-state index contributed by atoms with van der Waals surface area (Å²) in [6, 6.07) is 0. The number of aliphatic hydroxyl groups excluding tert-OH is 1. The Morgan fingerprint density at radius 1 is 1.27 bits per heavy atom. The van der Waals surface area contributed by atoms with Crippen LogP contribution in [0, 0.1) is 0 Å². The first-order valence-corrected chi connectivity index (χ1v) is 4.73. The summed E-state index contributed by atoms with van der Waals surface area (Å²) in [6.45, 7) is 5.30. The normalized spacial score (nSPS) is 23.5. The molecule has 0 aromatic rings. The van der Waals surface area contributed by atoms with Crippen molar-refractivity contribution in [2.45, 2.75) is 38.7 Å². The van der Waals surface area contributed by atoms with Crippen molar-refractivity contribution >= 4 is 0 Å². The van der Waals surface area contributed by atoms with E-state index in [9.17, 15) is 5.11 Å². The van der Waals surface area contributed by atoms with Gasteiger partial charge in [-0.15, -0.1) is 0 Å². The molecule has 0 radical (unpaired) electrons. The van der Waals surface area contributed by atoms with Crippen LogP contribution in [0.4, 0.5) is 0 Å². The third kappa shape index (κ3) is 3.21. The molecule has 0 bridgehead atoms. The summed E-state index contributed by atoms with van der Waals surface area (Å²) in [5.41, 5.74) is 0. The molecule has 11 heavy (non-hydrogen) atoms. The lowest BCUT2D eigenvalue weighted by molar-refractivity contribution is 0.0984. The van der Waals surface area contributed by atoms with Gasteiger partial charge in [0.1, 0.15) is 0 Å². The predicted molar refractivity (Wildman–Crippen MR) is 46.6 cm³/mol. The van der Waals surface area contributed by atoms with Crippen LogP contribution in [0.1, 0.15) is 32.6 Å². The lowest BCUT2D eigenvalue weighted by Crippen LogP contribution is -2.36. The van der Waals surface area contributed by atoms with E-state index in [0.717, 1.165) is 13.0 Å². The molecule has 66 valence electrons. The molecule has 1 aliphatic heterocycles. The van der Waals surface area contributed by atoms with E-state index in [1.807, 2.05) is 6.92 Å². The van der Waals surface area contributed by atoms with Crippen LogP contribution in [0.3, 0.4) is 0 Å². The van der Waals surface area contributed by atoms with Crippen molar-refractivity contribution in [2.24, 2.45) is 0 Å². The Hall–Kier alpha value is -0.0800. The zero-order valence-corrected chi connectivity index (χ0v) is 7.42. The molecule has 0 saturated carbocycles. The average molecular weight is 157 g/mol. The number of aliphatic hydroxyl groups is 1. The number of β-amino-alcohol motifs (C(OH)–C–C–N with tert-alkyl or cyclic N) is 1. The van der Waals surface area contributed by atoms with Gasteiger partial charge >= 0.3 is 0 Å². The minimum Gasteiger partial charge on any atom is -0.392 e. The predicted octanol–water partition coefficient (Wildman–Crippen LogP) is 1.24. The van der Waals surface area contributed by atoms with Crippen LogP contribution in [-0.4, -0.2) is 35.7 Å². The van der Waals surface area contributed by atoms with Gasteiger partial charge in [0, 0.05) is 6.54 Å². The lowest BCUT2D eigenvalue weighted by Gasteiger charge is -2.27. The smallest absolute Gasteiger partial charge is 0.0664 e. The van der Waals surface area contributed by atoms with Crippen molar-refractivity contribution in [2.75, 3.05) is 19.6 Å². The fourth-order valence-corrected chi connectivity index (χ4v) is 1.57. The van der Waals surface area contributed by atoms with E-state index >= 15 is 0 Å². The molecule has 0 aromatic carbocycles. The van der Waals surface area contributed by atoms with Gasteiger partial charge in [-0.3, -0.25) is 0 Å². The summed E-state index contributed by atoms with van der Waals surface area (Å²) in [7, 11) is 0. The molecule has 0 amide bonds. The number of hydrogen-bond acceptors (Lipinski definition) is 2. The topological polar surface area (TPSA) is 23.5 Å². The van der Waals surface area contributed by atoms with Crippen molar-refractivity contribution < 1.29 is 5.11 Å². The van der Waals surface area contributed by atoms with Gasteiger partial charge in [-0.1, -0.05) is 13.3 Å². The summed E-state index contributed by atoms with van der Waals surface area (Å²) in [6.07, 6.45) is 4.79. The lowest BCUT2D eigenvalue weighted by atomic mass is 10.1. The van der Waals surface area contributed by atoms with Gasteiger partial charge in [0.05, 0.1) is 6.10 Å². The minimum atomic E-state index is -0.104. The van der Waals surface area contributed by atoms with Crippen molar-refractivity contribution in [1.29, 1.82) is 0 Å². The quantitative estimate of drug-likeness (QED) is 0.666. The third-order valence-corrected chi connectivity index (χ3v) is 2.39. The highest BCUT2D eigenvalue weighted by Gasteiger charge is 2.12. The maximum atomic E-state index is 9.37. The van der Waals surface area contributed by atoms with Crippen molar-refractivity contribution in [1.82, 2.24) is 4.90 Å². The first kappa shape index (κ1) is 9.01. The Labute approximate surface area is 69.2 Å². The van der Waals surface area contributed by atoms with Crippen LogP contribution < -0.4 is 0 Å². The molecule has 1 atom stereocenters. The SMILES string of the molecule is CC[C@H](O)CN1CCCCC1. The molecule has 1 heterocycles. The van der Waals surface area contributed by atoms with Crippen LogP contribution in [-0.2, 0) is 0 Å². The maximum absolute atomic E-state index is 9.37. The Morgan fingerprint density at radius 3 is 2.45 bits per heavy atom. The standard InChI is InChI=1S/C9H19NO/c1-2-9(11)8-10-6-4-3-5-7-10/h9,11H,2-8H2,1H3/t9-/m0/s1. The minimum absolute atomic E-state index is 0.104. The number of hydrogen-bond donors (Lipinski definition) is 1. The summed E-state index contributed by atoms with van der Waals surface area (Å²) >= 11 is 0. The Morgan fingerprint density at radius 2 is 1.91 bits per heavy atom. The molecule has 2 nitrogen and oxygen atoms in total. The molecule has 0 aromatic heterocycles. The molecule has 0 spiro atoms. The molecule has 0 unspecified atom stereocenters. The van der Waals surface area contributed by atoms with Crippen molar-refractivity contribution in [3.05, 3.63) is 0 Å². The molecule has 1 N–H and O–H groups in total. The van der Waals surface area contributed by atoms with E-state index in [0.29, 0.717) is 0 Å². The third-order valence-electron chi connectivity index (χ3n) is 2.39. The zero-order valence-electron chi connectivity index (χ0n) is 7.42. The fraction of sp³-hybridized carbons (Fsp3) is 1.00. The van der Waals surface area contributed by atoms with Gasteiger partial charge in [0.25, 0.3) is 0 Å². The Bertz CT molecular complexity index is 99.7. The number of nitrogens with zero attached hydrogens (tertiary/aromatic N) is 1. The molecule has 1 aliphatic rings. The zero-order chi connectivity index (χ0) is 8.10.